The Morgan fingerprint density at radius 1 is 1.24 bits per heavy atom. The predicted molar refractivity (Wildman–Crippen MR) is 101 cm³/mol. The third-order valence-corrected chi connectivity index (χ3v) is 5.48. The molecule has 6 heteroatoms. The maximum absolute atomic E-state index is 12.4. The molecule has 25 heavy (non-hydrogen) atoms. The lowest BCUT2D eigenvalue weighted by Crippen LogP contribution is -2.43. The largest absolute Gasteiger partial charge is 0.341 e. The molecular weight excluding hydrogens is 332 g/mol. The Morgan fingerprint density at radius 2 is 1.92 bits per heavy atom. The van der Waals surface area contributed by atoms with Crippen molar-refractivity contribution < 1.29 is 4.79 Å². The van der Waals surface area contributed by atoms with Gasteiger partial charge in [-0.2, -0.15) is 0 Å². The molecule has 0 aliphatic carbocycles. The topological polar surface area (TPSA) is 61.9 Å². The summed E-state index contributed by atoms with van der Waals surface area (Å²) in [4.78, 5) is 18.9. The highest BCUT2D eigenvalue weighted by Gasteiger charge is 2.25. The van der Waals surface area contributed by atoms with Crippen LogP contribution in [0.1, 0.15) is 32.8 Å². The van der Waals surface area contributed by atoms with E-state index in [2.05, 4.69) is 60.2 Å². The van der Waals surface area contributed by atoms with Crippen LogP contribution in [-0.2, 0) is 11.2 Å². The molecule has 1 aliphatic heterocycles. The Kier molecular flexibility index (Phi) is 5.78. The average Bonchev–Trinajstić information content (AvgIpc) is 3.08. The summed E-state index contributed by atoms with van der Waals surface area (Å²) in [5.41, 5.74) is 2.31. The second kappa shape index (κ2) is 8.04. The number of carbonyl (C=O) groups excluding carboxylic acids is 1. The van der Waals surface area contributed by atoms with Gasteiger partial charge in [-0.05, 0) is 30.2 Å². The van der Waals surface area contributed by atoms with E-state index < -0.39 is 0 Å². The molecule has 1 aromatic carbocycles. The highest BCUT2D eigenvalue weighted by Crippen LogP contribution is 2.23. The number of piperidine rings is 1. The number of aryl methyl sites for hydroxylation is 1. The van der Waals surface area contributed by atoms with Crippen molar-refractivity contribution in [1.82, 2.24) is 20.1 Å². The lowest BCUT2D eigenvalue weighted by Gasteiger charge is -2.34. The lowest BCUT2D eigenvalue weighted by molar-refractivity contribution is -0.130. The van der Waals surface area contributed by atoms with E-state index >= 15 is 0 Å². The van der Waals surface area contributed by atoms with Crippen LogP contribution in [-0.4, -0.2) is 44.8 Å². The molecule has 0 bridgehead atoms. The van der Waals surface area contributed by atoms with Crippen LogP contribution >= 0.6 is 11.8 Å². The van der Waals surface area contributed by atoms with E-state index in [1.807, 2.05) is 4.90 Å². The fraction of sp³-hybridized carbons (Fsp3) is 0.526. The van der Waals surface area contributed by atoms with Crippen LogP contribution in [0.4, 0.5) is 0 Å². The molecule has 1 N–H and O–H groups in total. The zero-order valence-electron chi connectivity index (χ0n) is 15.2. The van der Waals surface area contributed by atoms with Crippen molar-refractivity contribution in [2.24, 2.45) is 11.8 Å². The quantitative estimate of drug-likeness (QED) is 0.829. The fourth-order valence-corrected chi connectivity index (χ4v) is 4.12. The Hall–Kier alpha value is -1.82. The van der Waals surface area contributed by atoms with Crippen LogP contribution < -0.4 is 0 Å². The van der Waals surface area contributed by atoms with Crippen molar-refractivity contribution in [1.29, 1.82) is 0 Å². The first-order valence-electron chi connectivity index (χ1n) is 8.97. The van der Waals surface area contributed by atoms with Crippen LogP contribution in [0.2, 0.25) is 0 Å². The van der Waals surface area contributed by atoms with Gasteiger partial charge < -0.3 is 4.90 Å². The number of aromatic nitrogens is 3. The zero-order chi connectivity index (χ0) is 17.8. The second-order valence-corrected chi connectivity index (χ2v) is 7.99. The summed E-state index contributed by atoms with van der Waals surface area (Å²) in [6, 6.07) is 8.31. The van der Waals surface area contributed by atoms with Gasteiger partial charge in [0.15, 0.2) is 5.82 Å². The Morgan fingerprint density at radius 3 is 2.56 bits per heavy atom. The second-order valence-electron chi connectivity index (χ2n) is 7.05. The van der Waals surface area contributed by atoms with Crippen molar-refractivity contribution in [2.75, 3.05) is 18.8 Å². The van der Waals surface area contributed by atoms with E-state index in [0.717, 1.165) is 30.9 Å². The molecule has 2 aromatic rings. The summed E-state index contributed by atoms with van der Waals surface area (Å²) >= 11 is 1.40. The van der Waals surface area contributed by atoms with E-state index in [1.165, 1.54) is 23.7 Å². The van der Waals surface area contributed by atoms with E-state index in [1.54, 1.807) is 0 Å². The highest BCUT2D eigenvalue weighted by atomic mass is 32.2. The van der Waals surface area contributed by atoms with Gasteiger partial charge in [-0.25, -0.2) is 4.98 Å². The summed E-state index contributed by atoms with van der Waals surface area (Å²) in [7, 11) is 0. The number of likely N-dealkylation sites (tertiary alicyclic amines) is 1. The number of nitrogens with zero attached hydrogens (tertiary/aromatic N) is 3. The number of carbonyl (C=O) groups is 1. The number of amides is 1. The lowest BCUT2D eigenvalue weighted by atomic mass is 9.92. The van der Waals surface area contributed by atoms with E-state index in [9.17, 15) is 4.79 Å². The van der Waals surface area contributed by atoms with Crippen molar-refractivity contribution in [3.05, 3.63) is 29.8 Å². The van der Waals surface area contributed by atoms with Crippen molar-refractivity contribution in [2.45, 2.75) is 38.8 Å². The molecule has 2 atom stereocenters. The standard InChI is InChI=1S/C19H26N4OS/c1-4-15-5-7-16(8-6-15)18-20-19(22-21-18)25-12-17(24)23-10-13(2)9-14(3)11-23/h5-8,13-14H,4,9-12H2,1-3H3,(H,20,21,22). The Bertz CT molecular complexity index is 702. The summed E-state index contributed by atoms with van der Waals surface area (Å²) in [6.45, 7) is 8.31. The minimum atomic E-state index is 0.182. The van der Waals surface area contributed by atoms with Gasteiger partial charge in [0.25, 0.3) is 0 Å². The molecule has 2 unspecified atom stereocenters. The molecule has 1 saturated heterocycles. The molecule has 0 spiro atoms. The minimum absolute atomic E-state index is 0.182. The number of H-pyrrole nitrogens is 1. The molecule has 5 nitrogen and oxygen atoms in total. The molecule has 1 fully saturated rings. The molecule has 0 radical (unpaired) electrons. The number of thioether (sulfide) groups is 1. The minimum Gasteiger partial charge on any atom is -0.341 e. The molecule has 2 heterocycles. The van der Waals surface area contributed by atoms with Gasteiger partial charge in [0.1, 0.15) is 0 Å². The first-order valence-corrected chi connectivity index (χ1v) is 9.96. The predicted octanol–water partition coefficient (Wildman–Crippen LogP) is 3.63. The number of hydrogen-bond acceptors (Lipinski definition) is 4. The molecule has 1 aliphatic rings. The molecule has 1 amide bonds. The van der Waals surface area contributed by atoms with Crippen LogP contribution in [0.3, 0.4) is 0 Å². The summed E-state index contributed by atoms with van der Waals surface area (Å²) < 4.78 is 0. The van der Waals surface area contributed by atoms with Gasteiger partial charge in [-0.3, -0.25) is 9.89 Å². The van der Waals surface area contributed by atoms with E-state index in [4.69, 9.17) is 0 Å². The number of nitrogens with one attached hydrogen (secondary N) is 1. The summed E-state index contributed by atoms with van der Waals surface area (Å²) in [5, 5.41) is 7.83. The van der Waals surface area contributed by atoms with Crippen LogP contribution in [0.25, 0.3) is 11.4 Å². The normalized spacial score (nSPS) is 20.7. The van der Waals surface area contributed by atoms with E-state index in [0.29, 0.717) is 22.7 Å². The van der Waals surface area contributed by atoms with Crippen LogP contribution in [0.15, 0.2) is 29.4 Å². The van der Waals surface area contributed by atoms with E-state index in [-0.39, 0.29) is 5.91 Å². The van der Waals surface area contributed by atoms with Gasteiger partial charge in [-0.1, -0.05) is 56.8 Å². The maximum atomic E-state index is 12.4. The SMILES string of the molecule is CCc1ccc(-c2nc(SCC(=O)N3CC(C)CC(C)C3)n[nH]2)cc1. The number of aromatic amines is 1. The average molecular weight is 359 g/mol. The molecule has 1 aromatic heterocycles. The molecule has 0 saturated carbocycles. The maximum Gasteiger partial charge on any atom is 0.233 e. The van der Waals surface area contributed by atoms with Crippen molar-refractivity contribution >= 4 is 17.7 Å². The zero-order valence-corrected chi connectivity index (χ0v) is 16.0. The summed E-state index contributed by atoms with van der Waals surface area (Å²) in [6.07, 6.45) is 2.23. The molecule has 134 valence electrons. The third kappa shape index (κ3) is 4.63. The number of benzene rings is 1. The fourth-order valence-electron chi connectivity index (χ4n) is 3.42. The van der Waals surface area contributed by atoms with Crippen molar-refractivity contribution in [3.8, 4) is 11.4 Å². The van der Waals surface area contributed by atoms with Gasteiger partial charge >= 0.3 is 0 Å². The van der Waals surface area contributed by atoms with Gasteiger partial charge in [0.05, 0.1) is 5.75 Å². The van der Waals surface area contributed by atoms with Crippen LogP contribution in [0.5, 0.6) is 0 Å². The highest BCUT2D eigenvalue weighted by molar-refractivity contribution is 7.99. The first kappa shape index (κ1) is 18.0. The first-order chi connectivity index (χ1) is 12.0. The number of rotatable bonds is 5. The van der Waals surface area contributed by atoms with Crippen LogP contribution in [0, 0.1) is 11.8 Å². The number of hydrogen-bond donors (Lipinski definition) is 1. The Balaban J connectivity index is 1.57. The van der Waals surface area contributed by atoms with Gasteiger partial charge in [0, 0.05) is 18.7 Å². The van der Waals surface area contributed by atoms with Gasteiger partial charge in [0.2, 0.25) is 11.1 Å². The molecular formula is C19H26N4OS. The van der Waals surface area contributed by atoms with Gasteiger partial charge in [-0.15, -0.1) is 5.10 Å². The third-order valence-electron chi connectivity index (χ3n) is 4.65. The smallest absolute Gasteiger partial charge is 0.233 e. The molecule has 3 rings (SSSR count). The van der Waals surface area contributed by atoms with Crippen molar-refractivity contribution in [3.63, 3.8) is 0 Å². The monoisotopic (exact) mass is 358 g/mol. The Labute approximate surface area is 153 Å². The summed E-state index contributed by atoms with van der Waals surface area (Å²) in [5.74, 6) is 2.49.